The van der Waals surface area contributed by atoms with Crippen LogP contribution in [0.2, 0.25) is 0 Å². The number of allylic oxidation sites excluding steroid dienone is 2. The minimum absolute atomic E-state index is 0.0652. The van der Waals surface area contributed by atoms with Crippen molar-refractivity contribution < 1.29 is 34.1 Å². The fourth-order valence-corrected chi connectivity index (χ4v) is 5.10. The second kappa shape index (κ2) is 29.0. The molecule has 262 valence electrons. The highest BCUT2D eigenvalue weighted by atomic mass is 16.5. The number of aliphatic hydroxyl groups is 1. The minimum atomic E-state index is -1.43. The number of ether oxygens (including phenoxy) is 1. The van der Waals surface area contributed by atoms with Gasteiger partial charge in [-0.2, -0.15) is 0 Å². The quantitative estimate of drug-likeness (QED) is 0.0369. The summed E-state index contributed by atoms with van der Waals surface area (Å²) in [6, 6.07) is -1.43. The second-order valence-corrected chi connectivity index (χ2v) is 13.3. The van der Waals surface area contributed by atoms with Crippen LogP contribution in [0.5, 0.6) is 0 Å². The van der Waals surface area contributed by atoms with Crippen LogP contribution in [-0.4, -0.2) is 59.3 Å². The van der Waals surface area contributed by atoms with Crippen molar-refractivity contribution >= 4 is 23.8 Å². The molecule has 0 rings (SSSR count). The van der Waals surface area contributed by atoms with Gasteiger partial charge in [0, 0.05) is 6.42 Å². The molecule has 0 saturated heterocycles. The molecule has 0 aromatic rings. The van der Waals surface area contributed by atoms with Gasteiger partial charge in [0.05, 0.1) is 19.6 Å². The third kappa shape index (κ3) is 28.8. The zero-order valence-electron chi connectivity index (χ0n) is 29.0. The third-order valence-corrected chi connectivity index (χ3v) is 7.86. The molecule has 9 heteroatoms. The molecule has 4 N–H and O–H groups in total. The van der Waals surface area contributed by atoms with E-state index in [2.05, 4.69) is 44.4 Å². The average molecular weight is 639 g/mol. The summed E-state index contributed by atoms with van der Waals surface area (Å²) >= 11 is 0. The van der Waals surface area contributed by atoms with Crippen LogP contribution in [0, 0.1) is 11.8 Å². The molecule has 9 nitrogen and oxygen atoms in total. The molecule has 0 spiro atoms. The van der Waals surface area contributed by atoms with Gasteiger partial charge in [0.25, 0.3) is 0 Å². The highest BCUT2D eigenvalue weighted by molar-refractivity contribution is 5.88. The summed E-state index contributed by atoms with van der Waals surface area (Å²) in [6.07, 6.45) is 24.0. The molecule has 0 aliphatic rings. The van der Waals surface area contributed by atoms with Crippen molar-refractivity contribution in [2.75, 3.05) is 13.2 Å². The van der Waals surface area contributed by atoms with Gasteiger partial charge in [-0.1, -0.05) is 123 Å². The van der Waals surface area contributed by atoms with E-state index in [4.69, 9.17) is 14.9 Å². The molecule has 0 aromatic heterocycles. The predicted molar refractivity (Wildman–Crippen MR) is 181 cm³/mol. The normalized spacial score (nSPS) is 12.9. The summed E-state index contributed by atoms with van der Waals surface area (Å²) in [4.78, 5) is 48.1. The number of carbonyl (C=O) groups excluding carboxylic acids is 3. The maximum absolute atomic E-state index is 12.6. The van der Waals surface area contributed by atoms with E-state index in [-0.39, 0.29) is 18.8 Å². The Balaban J connectivity index is 4.51. The fourth-order valence-electron chi connectivity index (χ4n) is 5.10. The zero-order valence-corrected chi connectivity index (χ0v) is 29.0. The van der Waals surface area contributed by atoms with Crippen LogP contribution < -0.4 is 10.6 Å². The lowest BCUT2D eigenvalue weighted by molar-refractivity contribution is -0.150. The lowest BCUT2D eigenvalue weighted by Crippen LogP contribution is -2.47. The summed E-state index contributed by atoms with van der Waals surface area (Å²) in [7, 11) is 0. The Hall–Kier alpha value is -2.42. The van der Waals surface area contributed by atoms with E-state index >= 15 is 0 Å². The first kappa shape index (κ1) is 42.6. The first-order chi connectivity index (χ1) is 21.5. The second-order valence-electron chi connectivity index (χ2n) is 13.3. The Labute approximate surface area is 273 Å². The number of hydrogen-bond donors (Lipinski definition) is 4. The number of aliphatic hydroxyl groups excluding tert-OH is 1. The molecule has 0 heterocycles. The van der Waals surface area contributed by atoms with Crippen molar-refractivity contribution in [3.05, 3.63) is 12.2 Å². The van der Waals surface area contributed by atoms with Gasteiger partial charge in [-0.15, -0.1) is 0 Å². The summed E-state index contributed by atoms with van der Waals surface area (Å²) in [5.41, 5.74) is 0. The first-order valence-electron chi connectivity index (χ1n) is 17.8. The van der Waals surface area contributed by atoms with E-state index in [1.165, 1.54) is 70.6 Å². The molecule has 2 unspecified atom stereocenters. The lowest BCUT2D eigenvalue weighted by atomic mass is 10.0. The standard InChI is InChI=1S/C36H66N2O7/c1-29(2)22-18-14-10-6-5-7-13-17-21-25-35(42)45-31(24-20-16-12-9-8-11-15-19-23-30(3)4)26-33(40)37-27-34(41)38-32(28-39)36(43)44/h13,17,29-32,39H,5-12,14-16,18-28H2,1-4H3,(H,37,40)(H,38,41)(H,43,44)/b17-13-. The highest BCUT2D eigenvalue weighted by Crippen LogP contribution is 2.16. The van der Waals surface area contributed by atoms with E-state index in [0.717, 1.165) is 43.9 Å². The Kier molecular flexibility index (Phi) is 27.5. The van der Waals surface area contributed by atoms with E-state index in [9.17, 15) is 19.2 Å². The van der Waals surface area contributed by atoms with Crippen molar-refractivity contribution in [1.29, 1.82) is 0 Å². The van der Waals surface area contributed by atoms with Crippen LogP contribution >= 0.6 is 0 Å². The summed E-state index contributed by atoms with van der Waals surface area (Å²) in [6.45, 7) is 7.87. The highest BCUT2D eigenvalue weighted by Gasteiger charge is 2.21. The van der Waals surface area contributed by atoms with Gasteiger partial charge in [-0.25, -0.2) is 4.79 Å². The number of carboxylic acid groups (broad SMARTS) is 1. The molecule has 2 atom stereocenters. The molecule has 0 fully saturated rings. The van der Waals surface area contributed by atoms with Crippen molar-refractivity contribution in [1.82, 2.24) is 10.6 Å². The fraction of sp³-hybridized carbons (Fsp3) is 0.833. The van der Waals surface area contributed by atoms with Gasteiger partial charge in [-0.05, 0) is 43.9 Å². The number of carboxylic acids is 1. The van der Waals surface area contributed by atoms with Crippen LogP contribution in [0.4, 0.5) is 0 Å². The smallest absolute Gasteiger partial charge is 0.328 e. The molecule has 2 amide bonds. The number of unbranched alkanes of at least 4 members (excludes halogenated alkanes) is 12. The summed E-state index contributed by atoms with van der Waals surface area (Å²) in [5, 5.41) is 22.6. The Morgan fingerprint density at radius 3 is 1.67 bits per heavy atom. The number of carbonyl (C=O) groups is 4. The van der Waals surface area contributed by atoms with Gasteiger partial charge in [0.2, 0.25) is 11.8 Å². The van der Waals surface area contributed by atoms with Crippen LogP contribution in [0.15, 0.2) is 12.2 Å². The van der Waals surface area contributed by atoms with Gasteiger partial charge in [0.1, 0.15) is 12.1 Å². The Morgan fingerprint density at radius 2 is 1.16 bits per heavy atom. The maximum atomic E-state index is 12.6. The van der Waals surface area contributed by atoms with E-state index in [1.54, 1.807) is 0 Å². The first-order valence-corrected chi connectivity index (χ1v) is 17.8. The lowest BCUT2D eigenvalue weighted by Gasteiger charge is -2.18. The molecule has 0 radical (unpaired) electrons. The van der Waals surface area contributed by atoms with Crippen molar-refractivity contribution in [2.45, 2.75) is 168 Å². The third-order valence-electron chi connectivity index (χ3n) is 7.86. The number of aliphatic carboxylic acids is 1. The topological polar surface area (TPSA) is 142 Å². The van der Waals surface area contributed by atoms with Crippen LogP contribution in [-0.2, 0) is 23.9 Å². The van der Waals surface area contributed by atoms with Crippen molar-refractivity contribution in [3.8, 4) is 0 Å². The van der Waals surface area contributed by atoms with Crippen molar-refractivity contribution in [3.63, 3.8) is 0 Å². The molecular formula is C36H66N2O7. The largest absolute Gasteiger partial charge is 0.480 e. The number of hydrogen-bond acceptors (Lipinski definition) is 6. The SMILES string of the molecule is CC(C)CCCCCCC/C=C\CCC(=O)OC(CCCCCCCCCCC(C)C)CC(=O)NCC(=O)NC(CO)C(=O)O. The molecule has 0 bridgehead atoms. The van der Waals surface area contributed by atoms with E-state index in [0.29, 0.717) is 12.8 Å². The number of rotatable bonds is 30. The van der Waals surface area contributed by atoms with Crippen LogP contribution in [0.1, 0.15) is 156 Å². The number of amides is 2. The van der Waals surface area contributed by atoms with Gasteiger partial charge in [0.15, 0.2) is 0 Å². The molecule has 0 saturated carbocycles. The van der Waals surface area contributed by atoms with Crippen LogP contribution in [0.3, 0.4) is 0 Å². The minimum Gasteiger partial charge on any atom is -0.480 e. The Morgan fingerprint density at radius 1 is 0.667 bits per heavy atom. The maximum Gasteiger partial charge on any atom is 0.328 e. The Bertz CT molecular complexity index is 813. The van der Waals surface area contributed by atoms with E-state index < -0.39 is 43.1 Å². The molecule has 0 aliphatic heterocycles. The van der Waals surface area contributed by atoms with Crippen molar-refractivity contribution in [2.24, 2.45) is 11.8 Å². The van der Waals surface area contributed by atoms with Gasteiger partial charge >= 0.3 is 11.9 Å². The molecule has 0 aromatic carbocycles. The molecule has 0 aliphatic carbocycles. The van der Waals surface area contributed by atoms with Crippen LogP contribution in [0.25, 0.3) is 0 Å². The summed E-state index contributed by atoms with van der Waals surface area (Å²) in [5.74, 6) is -1.33. The average Bonchev–Trinajstić information content (AvgIpc) is 2.97. The molecule has 45 heavy (non-hydrogen) atoms. The summed E-state index contributed by atoms with van der Waals surface area (Å²) < 4.78 is 5.69. The molecular weight excluding hydrogens is 572 g/mol. The zero-order chi connectivity index (χ0) is 33.7. The number of nitrogens with one attached hydrogen (secondary N) is 2. The number of esters is 1. The van der Waals surface area contributed by atoms with Gasteiger partial charge < -0.3 is 25.6 Å². The van der Waals surface area contributed by atoms with E-state index in [1.807, 2.05) is 6.08 Å². The van der Waals surface area contributed by atoms with Gasteiger partial charge in [-0.3, -0.25) is 14.4 Å². The monoisotopic (exact) mass is 638 g/mol. The predicted octanol–water partition coefficient (Wildman–Crippen LogP) is 7.25.